The van der Waals surface area contributed by atoms with E-state index in [1.807, 2.05) is 24.3 Å². The summed E-state index contributed by atoms with van der Waals surface area (Å²) in [5.41, 5.74) is 4.19. The molecular formula is C22H13ClO. The van der Waals surface area contributed by atoms with Gasteiger partial charge in [0.05, 0.1) is 0 Å². The Balaban J connectivity index is 1.99. The van der Waals surface area contributed by atoms with Crippen molar-refractivity contribution in [2.75, 3.05) is 0 Å². The van der Waals surface area contributed by atoms with Crippen LogP contribution in [-0.4, -0.2) is 0 Å². The molecule has 4 aromatic carbocycles. The first-order valence-electron chi connectivity index (χ1n) is 7.90. The van der Waals surface area contributed by atoms with Crippen molar-refractivity contribution in [3.05, 3.63) is 83.9 Å². The zero-order valence-corrected chi connectivity index (χ0v) is 13.5. The molecule has 5 rings (SSSR count). The molecule has 0 spiro atoms. The van der Waals surface area contributed by atoms with Crippen molar-refractivity contribution >= 4 is 44.3 Å². The van der Waals surface area contributed by atoms with Crippen molar-refractivity contribution in [3.63, 3.8) is 0 Å². The molecule has 0 amide bonds. The number of hydrogen-bond acceptors (Lipinski definition) is 1. The molecule has 24 heavy (non-hydrogen) atoms. The minimum absolute atomic E-state index is 0.748. The standard InChI is InChI=1S/C22H13ClO/c23-16-11-8-14(9-12-16)17-6-3-4-15-10-13-20-22(21(15)17)18-5-1-2-7-19(18)24-20/h1-13H. The first kappa shape index (κ1) is 13.6. The van der Waals surface area contributed by atoms with Gasteiger partial charge in [0.25, 0.3) is 0 Å². The Bertz CT molecular complexity index is 1200. The average Bonchev–Trinajstić information content (AvgIpc) is 3.01. The molecule has 114 valence electrons. The quantitative estimate of drug-likeness (QED) is 0.321. The fourth-order valence-electron chi connectivity index (χ4n) is 3.46. The van der Waals surface area contributed by atoms with Gasteiger partial charge < -0.3 is 4.42 Å². The molecule has 0 atom stereocenters. The second-order valence-electron chi connectivity index (χ2n) is 5.95. The van der Waals surface area contributed by atoms with Gasteiger partial charge in [0, 0.05) is 21.2 Å². The van der Waals surface area contributed by atoms with Crippen LogP contribution in [0.5, 0.6) is 0 Å². The molecule has 0 N–H and O–H groups in total. The molecular weight excluding hydrogens is 316 g/mol. The van der Waals surface area contributed by atoms with Gasteiger partial charge in [0.15, 0.2) is 0 Å². The van der Waals surface area contributed by atoms with Gasteiger partial charge in [-0.1, -0.05) is 66.2 Å². The van der Waals surface area contributed by atoms with E-state index < -0.39 is 0 Å². The summed E-state index contributed by atoms with van der Waals surface area (Å²) in [7, 11) is 0. The molecule has 0 fully saturated rings. The predicted octanol–water partition coefficient (Wildman–Crippen LogP) is 7.06. The van der Waals surface area contributed by atoms with Crippen LogP contribution in [0, 0.1) is 0 Å². The number of rotatable bonds is 1. The topological polar surface area (TPSA) is 13.1 Å². The molecule has 5 aromatic rings. The minimum Gasteiger partial charge on any atom is -0.456 e. The Morgan fingerprint density at radius 3 is 2.33 bits per heavy atom. The van der Waals surface area contributed by atoms with Gasteiger partial charge in [-0.2, -0.15) is 0 Å². The minimum atomic E-state index is 0.748. The van der Waals surface area contributed by atoms with Crippen molar-refractivity contribution in [1.29, 1.82) is 0 Å². The maximum absolute atomic E-state index is 6.06. The summed E-state index contributed by atoms with van der Waals surface area (Å²) in [4.78, 5) is 0. The molecule has 0 radical (unpaired) electrons. The highest BCUT2D eigenvalue weighted by Crippen LogP contribution is 2.39. The lowest BCUT2D eigenvalue weighted by atomic mass is 9.95. The zero-order valence-electron chi connectivity index (χ0n) is 12.8. The molecule has 0 unspecified atom stereocenters. The van der Waals surface area contributed by atoms with E-state index in [0.29, 0.717) is 0 Å². The van der Waals surface area contributed by atoms with Crippen LogP contribution in [0.2, 0.25) is 5.02 Å². The number of halogens is 1. The third-order valence-corrected chi connectivity index (χ3v) is 4.79. The summed E-state index contributed by atoms with van der Waals surface area (Å²) in [6.07, 6.45) is 0. The summed E-state index contributed by atoms with van der Waals surface area (Å²) < 4.78 is 6.05. The Labute approximate surface area is 144 Å². The van der Waals surface area contributed by atoms with E-state index in [2.05, 4.69) is 54.6 Å². The van der Waals surface area contributed by atoms with Gasteiger partial charge in [0.1, 0.15) is 11.2 Å². The molecule has 1 heterocycles. The smallest absolute Gasteiger partial charge is 0.136 e. The van der Waals surface area contributed by atoms with E-state index >= 15 is 0 Å². The van der Waals surface area contributed by atoms with Crippen LogP contribution >= 0.6 is 11.6 Å². The van der Waals surface area contributed by atoms with Crippen LogP contribution in [0.15, 0.2) is 83.3 Å². The lowest BCUT2D eigenvalue weighted by Crippen LogP contribution is -1.82. The molecule has 0 saturated heterocycles. The lowest BCUT2D eigenvalue weighted by molar-refractivity contribution is 0.669. The van der Waals surface area contributed by atoms with Crippen LogP contribution in [0.1, 0.15) is 0 Å². The highest BCUT2D eigenvalue weighted by Gasteiger charge is 2.13. The Morgan fingerprint density at radius 1 is 0.625 bits per heavy atom. The summed E-state index contributed by atoms with van der Waals surface area (Å²) in [5.74, 6) is 0. The summed E-state index contributed by atoms with van der Waals surface area (Å²) >= 11 is 6.06. The van der Waals surface area contributed by atoms with Gasteiger partial charge in [-0.05, 0) is 40.8 Å². The first-order valence-corrected chi connectivity index (χ1v) is 8.28. The van der Waals surface area contributed by atoms with Crippen LogP contribution in [0.4, 0.5) is 0 Å². The van der Waals surface area contributed by atoms with E-state index in [4.69, 9.17) is 16.0 Å². The lowest BCUT2D eigenvalue weighted by Gasteiger charge is -2.08. The highest BCUT2D eigenvalue weighted by molar-refractivity contribution is 6.30. The summed E-state index contributed by atoms with van der Waals surface area (Å²) in [6, 6.07) is 26.8. The first-order chi connectivity index (χ1) is 11.8. The van der Waals surface area contributed by atoms with Crippen LogP contribution in [-0.2, 0) is 0 Å². The summed E-state index contributed by atoms with van der Waals surface area (Å²) in [5, 5.41) is 5.51. The SMILES string of the molecule is Clc1ccc(-c2cccc3ccc4oc5ccccc5c4c23)cc1. The normalized spacial score (nSPS) is 11.5. The number of fused-ring (bicyclic) bond motifs is 5. The number of furan rings is 1. The molecule has 0 aliphatic carbocycles. The van der Waals surface area contributed by atoms with E-state index in [1.165, 1.54) is 21.7 Å². The summed E-state index contributed by atoms with van der Waals surface area (Å²) in [6.45, 7) is 0. The monoisotopic (exact) mass is 328 g/mol. The third-order valence-electron chi connectivity index (χ3n) is 4.54. The Morgan fingerprint density at radius 2 is 1.46 bits per heavy atom. The van der Waals surface area contributed by atoms with Crippen LogP contribution in [0.3, 0.4) is 0 Å². The Hall–Kier alpha value is -2.77. The van der Waals surface area contributed by atoms with Crippen LogP contribution in [0.25, 0.3) is 43.8 Å². The van der Waals surface area contributed by atoms with Crippen LogP contribution < -0.4 is 0 Å². The largest absolute Gasteiger partial charge is 0.456 e. The van der Waals surface area contributed by atoms with Gasteiger partial charge in [-0.25, -0.2) is 0 Å². The number of hydrogen-bond donors (Lipinski definition) is 0. The second-order valence-corrected chi connectivity index (χ2v) is 6.38. The van der Waals surface area contributed by atoms with Gasteiger partial charge >= 0.3 is 0 Å². The fourth-order valence-corrected chi connectivity index (χ4v) is 3.59. The van der Waals surface area contributed by atoms with Gasteiger partial charge in [0.2, 0.25) is 0 Å². The molecule has 1 nitrogen and oxygen atoms in total. The maximum Gasteiger partial charge on any atom is 0.136 e. The molecule has 0 aliphatic rings. The van der Waals surface area contributed by atoms with Crippen molar-refractivity contribution in [3.8, 4) is 11.1 Å². The number of para-hydroxylation sites is 1. The average molecular weight is 329 g/mol. The van der Waals surface area contributed by atoms with Gasteiger partial charge in [-0.3, -0.25) is 0 Å². The second kappa shape index (κ2) is 5.12. The molecule has 0 aliphatic heterocycles. The molecule has 2 heteroatoms. The Kier molecular flexibility index (Phi) is 2.91. The number of benzene rings is 4. The third kappa shape index (κ3) is 1.95. The van der Waals surface area contributed by atoms with E-state index in [0.717, 1.165) is 27.1 Å². The van der Waals surface area contributed by atoms with Gasteiger partial charge in [-0.15, -0.1) is 0 Å². The van der Waals surface area contributed by atoms with Crippen molar-refractivity contribution in [1.82, 2.24) is 0 Å². The zero-order chi connectivity index (χ0) is 16.1. The molecule has 0 bridgehead atoms. The van der Waals surface area contributed by atoms with Crippen molar-refractivity contribution in [2.45, 2.75) is 0 Å². The van der Waals surface area contributed by atoms with E-state index in [-0.39, 0.29) is 0 Å². The molecule has 1 aromatic heterocycles. The van der Waals surface area contributed by atoms with Crippen molar-refractivity contribution < 1.29 is 4.42 Å². The highest BCUT2D eigenvalue weighted by atomic mass is 35.5. The van der Waals surface area contributed by atoms with E-state index in [9.17, 15) is 0 Å². The fraction of sp³-hybridized carbons (Fsp3) is 0. The van der Waals surface area contributed by atoms with E-state index in [1.54, 1.807) is 0 Å². The maximum atomic E-state index is 6.06. The van der Waals surface area contributed by atoms with Crippen molar-refractivity contribution in [2.24, 2.45) is 0 Å². The molecule has 0 saturated carbocycles. The predicted molar refractivity (Wildman–Crippen MR) is 102 cm³/mol.